The van der Waals surface area contributed by atoms with Crippen LogP contribution in [0.15, 0.2) is 41.2 Å². The number of ether oxygens (including phenoxy) is 1. The summed E-state index contributed by atoms with van der Waals surface area (Å²) in [5, 5.41) is 8.87. The van der Waals surface area contributed by atoms with E-state index < -0.39 is 11.5 Å². The summed E-state index contributed by atoms with van der Waals surface area (Å²) in [6, 6.07) is 10.4. The fourth-order valence-corrected chi connectivity index (χ4v) is 9.55. The van der Waals surface area contributed by atoms with E-state index in [2.05, 4.69) is 25.9 Å². The molecule has 0 spiro atoms. The van der Waals surface area contributed by atoms with Gasteiger partial charge in [0, 0.05) is 18.5 Å². The Bertz CT molecular complexity index is 1760. The lowest BCUT2D eigenvalue weighted by molar-refractivity contribution is -0.621. The SMILES string of the molecule is O=CC12C3C4C1C1C2C3C41C(=O)NCc1ccc2nc(C(=O)NCc3ccc4c(c3)NC(=O)CO4)[nH]c(=O)c2c1. The van der Waals surface area contributed by atoms with Crippen LogP contribution in [0.5, 0.6) is 5.75 Å². The van der Waals surface area contributed by atoms with Crippen molar-refractivity contribution in [3.05, 3.63) is 63.7 Å². The number of anilines is 1. The minimum Gasteiger partial charge on any atom is -0.482 e. The number of rotatable bonds is 7. The molecular weight excluding hydrogens is 514 g/mol. The second kappa shape index (κ2) is 6.96. The van der Waals surface area contributed by atoms with Crippen molar-refractivity contribution in [3.8, 4) is 5.75 Å². The first kappa shape index (κ1) is 22.3. The summed E-state index contributed by atoms with van der Waals surface area (Å²) in [5.41, 5.74) is 1.68. The van der Waals surface area contributed by atoms with E-state index in [-0.39, 0.29) is 41.6 Å². The first-order valence-electron chi connectivity index (χ1n) is 13.5. The minimum absolute atomic E-state index is 0.0345. The van der Waals surface area contributed by atoms with Crippen molar-refractivity contribution in [3.63, 3.8) is 0 Å². The van der Waals surface area contributed by atoms with E-state index in [9.17, 15) is 24.0 Å². The monoisotopic (exact) mass is 537 g/mol. The van der Waals surface area contributed by atoms with Gasteiger partial charge in [0.05, 0.1) is 22.0 Å². The maximum absolute atomic E-state index is 13.1. The van der Waals surface area contributed by atoms with Gasteiger partial charge in [-0.1, -0.05) is 12.1 Å². The lowest BCUT2D eigenvalue weighted by Gasteiger charge is -3.09. The van der Waals surface area contributed by atoms with Crippen LogP contribution >= 0.6 is 0 Å². The molecule has 0 atom stereocenters. The van der Waals surface area contributed by atoms with Crippen LogP contribution in [0.25, 0.3) is 10.9 Å². The van der Waals surface area contributed by atoms with Crippen LogP contribution in [0.4, 0.5) is 5.69 Å². The number of nitrogens with one attached hydrogen (secondary N) is 4. The highest BCUT2D eigenvalue weighted by molar-refractivity contribution is 5.97. The molecule has 1 aromatic heterocycles. The van der Waals surface area contributed by atoms with Crippen molar-refractivity contribution in [2.75, 3.05) is 11.9 Å². The van der Waals surface area contributed by atoms with Gasteiger partial charge in [-0.3, -0.25) is 19.2 Å². The van der Waals surface area contributed by atoms with Crippen molar-refractivity contribution in [1.82, 2.24) is 20.6 Å². The highest BCUT2D eigenvalue weighted by atomic mass is 16.5. The molecule has 2 heterocycles. The first-order chi connectivity index (χ1) is 19.4. The number of carbonyl (C=O) groups excluding carboxylic acids is 4. The maximum atomic E-state index is 13.1. The van der Waals surface area contributed by atoms with Gasteiger partial charge < -0.3 is 30.5 Å². The molecule has 11 heteroatoms. The summed E-state index contributed by atoms with van der Waals surface area (Å²) in [6.07, 6.45) is 1.17. The van der Waals surface area contributed by atoms with Crippen LogP contribution in [0.2, 0.25) is 0 Å². The Kier molecular flexibility index (Phi) is 3.88. The average Bonchev–Trinajstić information content (AvgIpc) is 2.98. The first-order valence-corrected chi connectivity index (χ1v) is 13.5. The molecule has 11 nitrogen and oxygen atoms in total. The predicted molar refractivity (Wildman–Crippen MR) is 138 cm³/mol. The quantitative estimate of drug-likeness (QED) is 0.324. The molecule has 6 saturated carbocycles. The predicted octanol–water partition coefficient (Wildman–Crippen LogP) is 0.737. The minimum atomic E-state index is -0.543. The van der Waals surface area contributed by atoms with Gasteiger partial charge in [0.2, 0.25) is 5.91 Å². The van der Waals surface area contributed by atoms with Crippen molar-refractivity contribution in [1.29, 1.82) is 0 Å². The molecule has 0 bridgehead atoms. The molecule has 2 aromatic carbocycles. The third-order valence-electron chi connectivity index (χ3n) is 10.9. The fraction of sp³-hybridized carbons (Fsp3) is 0.379. The molecular formula is C29H23N5O6. The van der Waals surface area contributed by atoms with Crippen LogP contribution in [0.1, 0.15) is 21.7 Å². The second-order valence-electron chi connectivity index (χ2n) is 12.0. The third-order valence-corrected chi connectivity index (χ3v) is 10.9. The largest absolute Gasteiger partial charge is 0.482 e. The van der Waals surface area contributed by atoms with Crippen molar-refractivity contribution in [2.45, 2.75) is 13.1 Å². The van der Waals surface area contributed by atoms with E-state index >= 15 is 0 Å². The molecule has 40 heavy (non-hydrogen) atoms. The molecule has 0 saturated heterocycles. The van der Waals surface area contributed by atoms with Crippen LogP contribution < -0.4 is 26.2 Å². The van der Waals surface area contributed by atoms with Gasteiger partial charge in [-0.2, -0.15) is 0 Å². The van der Waals surface area contributed by atoms with E-state index in [1.807, 2.05) is 0 Å². The molecule has 10 rings (SSSR count). The average molecular weight is 538 g/mol. The number of aromatic nitrogens is 2. The van der Waals surface area contributed by atoms with Crippen LogP contribution in [0, 0.1) is 46.3 Å². The number of fused-ring (bicyclic) bond motifs is 2. The zero-order chi connectivity index (χ0) is 27.1. The summed E-state index contributed by atoms with van der Waals surface area (Å²) in [6.45, 7) is 0.424. The molecule has 0 radical (unpaired) electrons. The Morgan fingerprint density at radius 2 is 1.68 bits per heavy atom. The highest BCUT2D eigenvalue weighted by Gasteiger charge is 3.11. The van der Waals surface area contributed by atoms with Crippen LogP contribution in [-0.2, 0) is 27.5 Å². The van der Waals surface area contributed by atoms with Gasteiger partial charge in [0.25, 0.3) is 17.4 Å². The highest BCUT2D eigenvalue weighted by Crippen LogP contribution is 3.09. The van der Waals surface area contributed by atoms with Crippen molar-refractivity contribution in [2.24, 2.45) is 46.3 Å². The Morgan fingerprint density at radius 3 is 2.42 bits per heavy atom. The normalized spacial score (nSPS) is 35.6. The van der Waals surface area contributed by atoms with E-state index in [4.69, 9.17) is 4.74 Å². The van der Waals surface area contributed by atoms with E-state index in [0.29, 0.717) is 64.4 Å². The van der Waals surface area contributed by atoms with Gasteiger partial charge >= 0.3 is 0 Å². The van der Waals surface area contributed by atoms with Gasteiger partial charge in [-0.25, -0.2) is 4.98 Å². The lowest BCUT2D eigenvalue weighted by atomic mass is 8.92. The molecule has 200 valence electrons. The fourth-order valence-electron chi connectivity index (χ4n) is 9.55. The standard InChI is InChI=1S/C29H23N5O6/c35-10-28-18-21-19(28)23-20(28)22(18)29(21,23)27(39)31-8-11-1-3-14-13(5-11)25(37)34-24(33-14)26(38)30-7-12-2-4-16-15(6-12)32-17(36)9-40-16/h1-6,10,18-23H,7-9H2,(H,30,38)(H,31,39)(H,32,36)(H,33,34,37). The maximum Gasteiger partial charge on any atom is 0.287 e. The summed E-state index contributed by atoms with van der Waals surface area (Å²) < 4.78 is 5.34. The zero-order valence-electron chi connectivity index (χ0n) is 21.0. The summed E-state index contributed by atoms with van der Waals surface area (Å²) in [4.78, 5) is 68.7. The van der Waals surface area contributed by atoms with Gasteiger partial charge in [0.1, 0.15) is 12.0 Å². The summed E-state index contributed by atoms with van der Waals surface area (Å²) in [5.74, 6) is 2.28. The molecule has 1 aliphatic heterocycles. The van der Waals surface area contributed by atoms with E-state index in [0.717, 1.165) is 11.1 Å². The van der Waals surface area contributed by atoms with E-state index in [1.165, 1.54) is 6.29 Å². The second-order valence-corrected chi connectivity index (χ2v) is 12.0. The van der Waals surface area contributed by atoms with Gasteiger partial charge in [-0.05, 0) is 70.9 Å². The number of benzene rings is 2. The Labute approximate surface area is 226 Å². The molecule has 3 amide bonds. The van der Waals surface area contributed by atoms with Crippen molar-refractivity contribution >= 4 is 40.6 Å². The van der Waals surface area contributed by atoms with Gasteiger partial charge in [-0.15, -0.1) is 0 Å². The Morgan fingerprint density at radius 1 is 0.975 bits per heavy atom. The molecule has 3 aromatic rings. The lowest BCUT2D eigenvalue weighted by Crippen LogP contribution is -3.11. The molecule has 4 N–H and O–H groups in total. The number of aromatic amines is 1. The topological polar surface area (TPSA) is 159 Å². The van der Waals surface area contributed by atoms with Gasteiger partial charge in [0.15, 0.2) is 12.4 Å². The van der Waals surface area contributed by atoms with Crippen LogP contribution in [0.3, 0.4) is 0 Å². The number of aldehydes is 1. The number of carbonyl (C=O) groups is 4. The Hall–Kier alpha value is -4.54. The number of hydrogen-bond donors (Lipinski definition) is 4. The molecule has 6 aliphatic carbocycles. The third kappa shape index (κ3) is 2.24. The number of hydrogen-bond acceptors (Lipinski definition) is 7. The molecule has 0 unspecified atom stereocenters. The smallest absolute Gasteiger partial charge is 0.287 e. The summed E-state index contributed by atoms with van der Waals surface area (Å²) >= 11 is 0. The number of H-pyrrole nitrogens is 1. The van der Waals surface area contributed by atoms with E-state index in [1.54, 1.807) is 36.4 Å². The van der Waals surface area contributed by atoms with Crippen LogP contribution in [-0.4, -0.2) is 40.6 Å². The van der Waals surface area contributed by atoms with Crippen molar-refractivity contribution < 1.29 is 23.9 Å². The number of nitrogens with zero attached hydrogens (tertiary/aromatic N) is 1. The summed E-state index contributed by atoms with van der Waals surface area (Å²) in [7, 11) is 0. The molecule has 6 fully saturated rings. The zero-order valence-corrected chi connectivity index (χ0v) is 21.0. The Balaban J connectivity index is 0.865. The molecule has 7 aliphatic rings. The number of amides is 3.